The second kappa shape index (κ2) is 7.26. The molecule has 0 radical (unpaired) electrons. The lowest BCUT2D eigenvalue weighted by Crippen LogP contribution is -2.14. The molecule has 114 valence electrons. The molecule has 0 unspecified atom stereocenters. The van der Waals surface area contributed by atoms with Gasteiger partial charge in [0, 0.05) is 5.69 Å². The first kappa shape index (κ1) is 15.6. The maximum absolute atomic E-state index is 12.0. The molecule has 0 aromatic heterocycles. The van der Waals surface area contributed by atoms with Crippen LogP contribution in [0.1, 0.15) is 15.9 Å². The zero-order valence-electron chi connectivity index (χ0n) is 12.5. The smallest absolute Gasteiger partial charge is 0.337 e. The Balaban J connectivity index is 1.98. The van der Waals surface area contributed by atoms with Crippen molar-refractivity contribution >= 4 is 17.6 Å². The topological polar surface area (TPSA) is 64.6 Å². The van der Waals surface area contributed by atoms with Gasteiger partial charge in [0.25, 0.3) is 0 Å². The van der Waals surface area contributed by atoms with Gasteiger partial charge in [-0.15, -0.1) is 0 Å². The molecule has 2 aromatic carbocycles. The normalized spacial score (nSPS) is 9.91. The number of methoxy groups -OCH3 is 2. The molecule has 1 N–H and O–H groups in total. The largest absolute Gasteiger partial charge is 0.497 e. The molecule has 0 aliphatic rings. The molecule has 0 saturated carbocycles. The van der Waals surface area contributed by atoms with Crippen molar-refractivity contribution in [2.24, 2.45) is 0 Å². The van der Waals surface area contributed by atoms with Crippen molar-refractivity contribution in [3.63, 3.8) is 0 Å². The molecule has 1 amide bonds. The Morgan fingerprint density at radius 1 is 1.05 bits per heavy atom. The first-order chi connectivity index (χ1) is 10.6. The van der Waals surface area contributed by atoms with Crippen molar-refractivity contribution in [2.45, 2.75) is 6.42 Å². The Labute approximate surface area is 128 Å². The molecular weight excluding hydrogens is 282 g/mol. The van der Waals surface area contributed by atoms with Gasteiger partial charge in [0.2, 0.25) is 5.91 Å². The summed E-state index contributed by atoms with van der Waals surface area (Å²) in [5.74, 6) is 0.168. The van der Waals surface area contributed by atoms with Gasteiger partial charge in [-0.1, -0.05) is 12.1 Å². The molecule has 22 heavy (non-hydrogen) atoms. The van der Waals surface area contributed by atoms with E-state index in [9.17, 15) is 9.59 Å². The van der Waals surface area contributed by atoms with E-state index in [1.165, 1.54) is 7.11 Å². The molecule has 2 rings (SSSR count). The van der Waals surface area contributed by atoms with Crippen LogP contribution in [0.5, 0.6) is 5.75 Å². The molecule has 5 nitrogen and oxygen atoms in total. The van der Waals surface area contributed by atoms with E-state index in [-0.39, 0.29) is 12.3 Å². The zero-order valence-corrected chi connectivity index (χ0v) is 12.5. The fourth-order valence-electron chi connectivity index (χ4n) is 1.98. The van der Waals surface area contributed by atoms with Crippen molar-refractivity contribution in [2.75, 3.05) is 19.5 Å². The van der Waals surface area contributed by atoms with Crippen LogP contribution in [-0.4, -0.2) is 26.1 Å². The van der Waals surface area contributed by atoms with Gasteiger partial charge in [0.15, 0.2) is 0 Å². The highest BCUT2D eigenvalue weighted by molar-refractivity contribution is 5.94. The minimum Gasteiger partial charge on any atom is -0.497 e. The number of amides is 1. The van der Waals surface area contributed by atoms with E-state index in [2.05, 4.69) is 10.1 Å². The Hall–Kier alpha value is -2.82. The van der Waals surface area contributed by atoms with Crippen LogP contribution >= 0.6 is 0 Å². The highest BCUT2D eigenvalue weighted by Gasteiger charge is 2.07. The summed E-state index contributed by atoms with van der Waals surface area (Å²) in [6.07, 6.45) is 0.246. The Morgan fingerprint density at radius 3 is 2.41 bits per heavy atom. The van der Waals surface area contributed by atoms with Crippen molar-refractivity contribution in [1.82, 2.24) is 0 Å². The van der Waals surface area contributed by atoms with E-state index in [4.69, 9.17) is 4.74 Å². The van der Waals surface area contributed by atoms with Gasteiger partial charge >= 0.3 is 5.97 Å². The average molecular weight is 299 g/mol. The second-order valence-corrected chi connectivity index (χ2v) is 4.65. The quantitative estimate of drug-likeness (QED) is 0.862. The summed E-state index contributed by atoms with van der Waals surface area (Å²) in [5, 5.41) is 2.78. The number of ether oxygens (including phenoxy) is 2. The number of esters is 1. The number of benzene rings is 2. The second-order valence-electron chi connectivity index (χ2n) is 4.65. The van der Waals surface area contributed by atoms with Gasteiger partial charge < -0.3 is 14.8 Å². The molecule has 0 aliphatic carbocycles. The molecule has 0 saturated heterocycles. The maximum atomic E-state index is 12.0. The number of nitrogens with one attached hydrogen (secondary N) is 1. The predicted molar refractivity (Wildman–Crippen MR) is 83.1 cm³/mol. The molecule has 2 aromatic rings. The number of rotatable bonds is 5. The van der Waals surface area contributed by atoms with E-state index < -0.39 is 5.97 Å². The van der Waals surface area contributed by atoms with Gasteiger partial charge in [-0.3, -0.25) is 4.79 Å². The minimum absolute atomic E-state index is 0.140. The Bertz CT molecular complexity index is 665. The first-order valence-electron chi connectivity index (χ1n) is 6.73. The van der Waals surface area contributed by atoms with E-state index >= 15 is 0 Å². The standard InChI is InChI=1S/C17H17NO4/c1-21-15-5-3-4-12(10-15)11-16(19)18-14-8-6-13(7-9-14)17(20)22-2/h3-10H,11H2,1-2H3,(H,18,19). The van der Waals surface area contributed by atoms with E-state index in [0.717, 1.165) is 5.56 Å². The summed E-state index contributed by atoms with van der Waals surface area (Å²) in [4.78, 5) is 23.3. The van der Waals surface area contributed by atoms with Crippen LogP contribution < -0.4 is 10.1 Å². The number of hydrogen-bond donors (Lipinski definition) is 1. The third kappa shape index (κ3) is 4.09. The predicted octanol–water partition coefficient (Wildman–Crippen LogP) is 2.66. The summed E-state index contributed by atoms with van der Waals surface area (Å²) in [6, 6.07) is 13.9. The van der Waals surface area contributed by atoms with Crippen molar-refractivity contribution in [1.29, 1.82) is 0 Å². The molecule has 0 aliphatic heterocycles. The van der Waals surface area contributed by atoms with Gasteiger partial charge in [0.05, 0.1) is 26.2 Å². The van der Waals surface area contributed by atoms with Crippen LogP contribution in [0.3, 0.4) is 0 Å². The van der Waals surface area contributed by atoms with E-state index in [1.807, 2.05) is 24.3 Å². The van der Waals surface area contributed by atoms with Gasteiger partial charge in [-0.05, 0) is 42.0 Å². The van der Waals surface area contributed by atoms with Crippen LogP contribution in [-0.2, 0) is 16.0 Å². The molecule has 0 fully saturated rings. The van der Waals surface area contributed by atoms with Crippen LogP contribution in [0, 0.1) is 0 Å². The van der Waals surface area contributed by atoms with Crippen molar-refractivity contribution in [3.8, 4) is 5.75 Å². The monoisotopic (exact) mass is 299 g/mol. The zero-order chi connectivity index (χ0) is 15.9. The third-order valence-corrected chi connectivity index (χ3v) is 3.09. The van der Waals surface area contributed by atoms with Crippen LogP contribution in [0.15, 0.2) is 48.5 Å². The van der Waals surface area contributed by atoms with Gasteiger partial charge in [-0.25, -0.2) is 4.79 Å². The van der Waals surface area contributed by atoms with Crippen LogP contribution in [0.25, 0.3) is 0 Å². The number of hydrogen-bond acceptors (Lipinski definition) is 4. The van der Waals surface area contributed by atoms with Crippen molar-refractivity contribution in [3.05, 3.63) is 59.7 Å². The molecular formula is C17H17NO4. The summed E-state index contributed by atoms with van der Waals surface area (Å²) in [7, 11) is 2.91. The SMILES string of the molecule is COC(=O)c1ccc(NC(=O)Cc2cccc(OC)c2)cc1. The molecule has 0 atom stereocenters. The average Bonchev–Trinajstić information content (AvgIpc) is 2.55. The minimum atomic E-state index is -0.408. The van der Waals surface area contributed by atoms with Crippen LogP contribution in [0.2, 0.25) is 0 Å². The lowest BCUT2D eigenvalue weighted by molar-refractivity contribution is -0.115. The van der Waals surface area contributed by atoms with Crippen LogP contribution in [0.4, 0.5) is 5.69 Å². The number of carbonyl (C=O) groups is 2. The molecule has 0 bridgehead atoms. The number of anilines is 1. The van der Waals surface area contributed by atoms with E-state index in [0.29, 0.717) is 17.0 Å². The van der Waals surface area contributed by atoms with Gasteiger partial charge in [-0.2, -0.15) is 0 Å². The maximum Gasteiger partial charge on any atom is 0.337 e. The fourth-order valence-corrected chi connectivity index (χ4v) is 1.98. The van der Waals surface area contributed by atoms with Crippen molar-refractivity contribution < 1.29 is 19.1 Å². The molecule has 0 heterocycles. The van der Waals surface area contributed by atoms with Gasteiger partial charge in [0.1, 0.15) is 5.75 Å². The first-order valence-corrected chi connectivity index (χ1v) is 6.73. The van der Waals surface area contributed by atoms with E-state index in [1.54, 1.807) is 31.4 Å². The summed E-state index contributed by atoms with van der Waals surface area (Å²) >= 11 is 0. The Kier molecular flexibility index (Phi) is 5.14. The summed E-state index contributed by atoms with van der Waals surface area (Å²) < 4.78 is 9.75. The highest BCUT2D eigenvalue weighted by Crippen LogP contribution is 2.14. The fraction of sp³-hybridized carbons (Fsp3) is 0.176. The molecule has 5 heteroatoms. The Morgan fingerprint density at radius 2 is 1.77 bits per heavy atom. The summed E-state index contributed by atoms with van der Waals surface area (Å²) in [5.41, 5.74) is 1.93. The summed E-state index contributed by atoms with van der Waals surface area (Å²) in [6.45, 7) is 0. The number of carbonyl (C=O) groups excluding carboxylic acids is 2. The third-order valence-electron chi connectivity index (χ3n) is 3.09. The molecule has 0 spiro atoms. The lowest BCUT2D eigenvalue weighted by atomic mass is 10.1. The lowest BCUT2D eigenvalue weighted by Gasteiger charge is -2.07. The highest BCUT2D eigenvalue weighted by atomic mass is 16.5.